The van der Waals surface area contributed by atoms with Crippen LogP contribution in [-0.2, 0) is 9.84 Å². The largest absolute Gasteiger partial charge is 0.490 e. The number of methoxy groups -OCH3 is 1. The lowest BCUT2D eigenvalue weighted by Gasteiger charge is -2.36. The van der Waals surface area contributed by atoms with Gasteiger partial charge in [-0.2, -0.15) is 5.10 Å². The lowest BCUT2D eigenvalue weighted by molar-refractivity contribution is 0.228. The van der Waals surface area contributed by atoms with Crippen LogP contribution in [0, 0.1) is 6.92 Å². The molecule has 1 fully saturated rings. The Kier molecular flexibility index (Phi) is 8.57. The van der Waals surface area contributed by atoms with Crippen molar-refractivity contribution < 1.29 is 13.2 Å². The highest BCUT2D eigenvalue weighted by molar-refractivity contribution is 7.99. The predicted octanol–water partition coefficient (Wildman–Crippen LogP) is 2.50. The SMILES string of the molecule is COc1c(Nc2cc(C)[nH]n2)nc(Sc2ccc(S(C)(=O)=O)cc2)nc1N1CCN(CCN(C)C)CC1. The number of likely N-dealkylation sites (N-methyl/N-ethyl adjacent to an activating group) is 1. The number of sulfone groups is 1. The van der Waals surface area contributed by atoms with E-state index in [2.05, 4.69) is 44.3 Å². The number of aromatic amines is 1. The molecule has 0 spiro atoms. The van der Waals surface area contributed by atoms with Crippen molar-refractivity contribution in [1.29, 1.82) is 0 Å². The standard InChI is InChI=1S/C24H34N8O3S2/c1-17-16-20(29-28-17)25-22-21(35-4)23(32-14-12-31(13-15-32)11-10-30(2)3)27-24(26-22)36-18-6-8-19(9-7-18)37(5,33)34/h6-9,16H,10-15H2,1-5H3,(H2,25,26,27,28,29). The van der Waals surface area contributed by atoms with Crippen molar-refractivity contribution in [1.82, 2.24) is 30.0 Å². The topological polar surface area (TPSA) is 120 Å². The summed E-state index contributed by atoms with van der Waals surface area (Å²) in [6.45, 7) is 7.46. The van der Waals surface area contributed by atoms with Crippen LogP contribution >= 0.6 is 11.8 Å². The quantitative estimate of drug-likeness (QED) is 0.365. The molecule has 13 heteroatoms. The van der Waals surface area contributed by atoms with Gasteiger partial charge in [0.05, 0.1) is 12.0 Å². The van der Waals surface area contributed by atoms with Crippen LogP contribution in [0.2, 0.25) is 0 Å². The summed E-state index contributed by atoms with van der Waals surface area (Å²) in [7, 11) is 2.53. The van der Waals surface area contributed by atoms with Crippen LogP contribution in [-0.4, -0.2) is 105 Å². The van der Waals surface area contributed by atoms with Gasteiger partial charge in [-0.15, -0.1) is 0 Å². The number of rotatable bonds is 10. The summed E-state index contributed by atoms with van der Waals surface area (Å²) in [5, 5.41) is 11.0. The van der Waals surface area contributed by atoms with Gasteiger partial charge >= 0.3 is 0 Å². The molecule has 3 aromatic rings. The van der Waals surface area contributed by atoms with Gasteiger partial charge in [0.2, 0.25) is 5.75 Å². The smallest absolute Gasteiger partial charge is 0.204 e. The maximum atomic E-state index is 11.8. The normalized spacial score (nSPS) is 14.8. The van der Waals surface area contributed by atoms with Crippen LogP contribution in [0.3, 0.4) is 0 Å². The van der Waals surface area contributed by atoms with Crippen LogP contribution < -0.4 is 15.0 Å². The first kappa shape index (κ1) is 27.2. The average molecular weight is 547 g/mol. The van der Waals surface area contributed by atoms with E-state index in [4.69, 9.17) is 14.7 Å². The molecule has 37 heavy (non-hydrogen) atoms. The predicted molar refractivity (Wildman–Crippen MR) is 146 cm³/mol. The molecule has 2 aromatic heterocycles. The number of nitrogens with zero attached hydrogens (tertiary/aromatic N) is 6. The Bertz CT molecular complexity index is 1300. The Labute approximate surface area is 222 Å². The fraction of sp³-hybridized carbons (Fsp3) is 0.458. The highest BCUT2D eigenvalue weighted by atomic mass is 32.2. The van der Waals surface area contributed by atoms with Gasteiger partial charge in [0.15, 0.2) is 32.4 Å². The van der Waals surface area contributed by atoms with E-state index in [1.54, 1.807) is 31.4 Å². The maximum absolute atomic E-state index is 11.8. The summed E-state index contributed by atoms with van der Waals surface area (Å²) >= 11 is 1.36. The summed E-state index contributed by atoms with van der Waals surface area (Å²) < 4.78 is 29.5. The first-order valence-electron chi connectivity index (χ1n) is 12.0. The number of hydrogen-bond donors (Lipinski definition) is 2. The molecule has 11 nitrogen and oxygen atoms in total. The fourth-order valence-corrected chi connectivity index (χ4v) is 5.32. The van der Waals surface area contributed by atoms with E-state index in [-0.39, 0.29) is 4.90 Å². The minimum atomic E-state index is -3.27. The van der Waals surface area contributed by atoms with Gasteiger partial charge in [-0.05, 0) is 57.0 Å². The lowest BCUT2D eigenvalue weighted by atomic mass is 10.3. The number of anilines is 3. The second-order valence-electron chi connectivity index (χ2n) is 9.25. The fourth-order valence-electron chi connectivity index (χ4n) is 3.94. The molecule has 0 saturated carbocycles. The number of H-pyrrole nitrogens is 1. The molecule has 200 valence electrons. The zero-order chi connectivity index (χ0) is 26.6. The van der Waals surface area contributed by atoms with Crippen molar-refractivity contribution in [3.8, 4) is 5.75 Å². The van der Waals surface area contributed by atoms with Crippen LogP contribution in [0.25, 0.3) is 0 Å². The van der Waals surface area contributed by atoms with Gasteiger partial charge in [0.1, 0.15) is 0 Å². The molecule has 1 saturated heterocycles. The molecule has 1 aliphatic rings. The van der Waals surface area contributed by atoms with E-state index >= 15 is 0 Å². The Morgan fingerprint density at radius 1 is 1.14 bits per heavy atom. The number of aryl methyl sites for hydroxylation is 1. The van der Waals surface area contributed by atoms with Crippen molar-refractivity contribution in [3.05, 3.63) is 36.0 Å². The minimum absolute atomic E-state index is 0.275. The van der Waals surface area contributed by atoms with Crippen LogP contribution in [0.15, 0.2) is 45.3 Å². The summed E-state index contributed by atoms with van der Waals surface area (Å²) in [4.78, 5) is 17.6. The molecule has 1 aliphatic heterocycles. The Morgan fingerprint density at radius 3 is 2.41 bits per heavy atom. The molecule has 4 rings (SSSR count). The number of piperazine rings is 1. The molecule has 3 heterocycles. The van der Waals surface area contributed by atoms with E-state index in [9.17, 15) is 8.42 Å². The number of hydrogen-bond acceptors (Lipinski definition) is 11. The monoisotopic (exact) mass is 546 g/mol. The maximum Gasteiger partial charge on any atom is 0.204 e. The van der Waals surface area contributed by atoms with Gasteiger partial charge in [-0.25, -0.2) is 18.4 Å². The first-order valence-corrected chi connectivity index (χ1v) is 14.7. The van der Waals surface area contributed by atoms with E-state index in [0.29, 0.717) is 22.5 Å². The molecule has 2 N–H and O–H groups in total. The molecule has 0 aliphatic carbocycles. The third kappa shape index (κ3) is 7.12. The molecule has 0 atom stereocenters. The molecule has 0 radical (unpaired) electrons. The van der Waals surface area contributed by atoms with Crippen molar-refractivity contribution in [3.63, 3.8) is 0 Å². The summed E-state index contributed by atoms with van der Waals surface area (Å²) in [5.41, 5.74) is 0.921. The van der Waals surface area contributed by atoms with Gasteiger partial charge < -0.3 is 19.9 Å². The molecule has 0 amide bonds. The average Bonchev–Trinajstić information content (AvgIpc) is 3.27. The van der Waals surface area contributed by atoms with Crippen molar-refractivity contribution in [2.75, 3.05) is 76.9 Å². The molecular weight excluding hydrogens is 512 g/mol. The lowest BCUT2D eigenvalue weighted by Crippen LogP contribution is -2.48. The number of aromatic nitrogens is 4. The van der Waals surface area contributed by atoms with Gasteiger partial charge in [-0.1, -0.05) is 0 Å². The molecule has 1 aromatic carbocycles. The van der Waals surface area contributed by atoms with Gasteiger partial charge in [0, 0.05) is 62.2 Å². The van der Waals surface area contributed by atoms with E-state index in [0.717, 1.165) is 55.7 Å². The summed E-state index contributed by atoms with van der Waals surface area (Å²) in [6, 6.07) is 8.62. The molecule has 0 bridgehead atoms. The second kappa shape index (κ2) is 11.7. The second-order valence-corrected chi connectivity index (χ2v) is 12.3. The number of ether oxygens (including phenoxy) is 1. The Hall–Kier alpha value is -2.87. The zero-order valence-electron chi connectivity index (χ0n) is 21.9. The van der Waals surface area contributed by atoms with Crippen LogP contribution in [0.5, 0.6) is 5.75 Å². The van der Waals surface area contributed by atoms with Crippen molar-refractivity contribution in [2.24, 2.45) is 0 Å². The third-order valence-corrected chi connectivity index (χ3v) is 7.98. The van der Waals surface area contributed by atoms with Crippen LogP contribution in [0.1, 0.15) is 5.69 Å². The first-order chi connectivity index (χ1) is 17.6. The van der Waals surface area contributed by atoms with E-state index < -0.39 is 9.84 Å². The van der Waals surface area contributed by atoms with E-state index in [1.165, 1.54) is 18.0 Å². The highest BCUT2D eigenvalue weighted by Crippen LogP contribution is 2.38. The molecular formula is C24H34N8O3S2. The Balaban J connectivity index is 1.63. The summed E-state index contributed by atoms with van der Waals surface area (Å²) in [6.07, 6.45) is 1.20. The Morgan fingerprint density at radius 2 is 1.84 bits per heavy atom. The summed E-state index contributed by atoms with van der Waals surface area (Å²) in [5.74, 6) is 2.42. The minimum Gasteiger partial charge on any atom is -0.490 e. The van der Waals surface area contributed by atoms with Gasteiger partial charge in [-0.3, -0.25) is 10.00 Å². The van der Waals surface area contributed by atoms with E-state index in [1.807, 2.05) is 13.0 Å². The number of benzene rings is 1. The number of nitrogens with one attached hydrogen (secondary N) is 2. The molecule has 0 unspecified atom stereocenters. The van der Waals surface area contributed by atoms with Crippen molar-refractivity contribution >= 4 is 39.1 Å². The van der Waals surface area contributed by atoms with Gasteiger partial charge in [0.25, 0.3) is 0 Å². The third-order valence-electron chi connectivity index (χ3n) is 5.98. The highest BCUT2D eigenvalue weighted by Gasteiger charge is 2.25. The van der Waals surface area contributed by atoms with Crippen molar-refractivity contribution in [2.45, 2.75) is 21.9 Å². The van der Waals surface area contributed by atoms with Crippen LogP contribution in [0.4, 0.5) is 17.5 Å². The zero-order valence-corrected chi connectivity index (χ0v) is 23.5.